The summed E-state index contributed by atoms with van der Waals surface area (Å²) in [5.41, 5.74) is -1.49. The average molecular weight is 328 g/mol. The van der Waals surface area contributed by atoms with Crippen LogP contribution in [0.5, 0.6) is 5.75 Å². The molecule has 0 fully saturated rings. The number of hydrogen-bond acceptors (Lipinski definition) is 3. The predicted octanol–water partition coefficient (Wildman–Crippen LogP) is 4.06. The van der Waals surface area contributed by atoms with Crippen molar-refractivity contribution in [2.24, 2.45) is 0 Å². The number of benzene rings is 1. The Hall–Kier alpha value is -2.39. The standard InChI is InChI=1S/C12H6F6O4/c13-11(14,15)6-1-2-7-5(3-6)4-8(22-10(19)20)9(21-7)12(16,17)18/h1-4,9H,(H,19,20). The van der Waals surface area contributed by atoms with Gasteiger partial charge in [0.05, 0.1) is 5.56 Å². The molecule has 0 spiro atoms. The number of fused-ring (bicyclic) bond motifs is 1. The third-order valence-corrected chi connectivity index (χ3v) is 2.64. The van der Waals surface area contributed by atoms with Gasteiger partial charge in [-0.15, -0.1) is 0 Å². The molecular formula is C12H6F6O4. The Balaban J connectivity index is 2.49. The maximum Gasteiger partial charge on any atom is 0.511 e. The van der Waals surface area contributed by atoms with Gasteiger partial charge < -0.3 is 14.6 Å². The number of alkyl halides is 6. The van der Waals surface area contributed by atoms with E-state index in [0.29, 0.717) is 18.2 Å². The van der Waals surface area contributed by atoms with Crippen LogP contribution < -0.4 is 4.74 Å². The van der Waals surface area contributed by atoms with Crippen molar-refractivity contribution in [3.8, 4) is 5.75 Å². The van der Waals surface area contributed by atoms with Gasteiger partial charge in [-0.25, -0.2) is 4.79 Å². The van der Waals surface area contributed by atoms with E-state index in [1.807, 2.05) is 0 Å². The van der Waals surface area contributed by atoms with Crippen molar-refractivity contribution < 1.29 is 45.7 Å². The van der Waals surface area contributed by atoms with Gasteiger partial charge in [0.15, 0.2) is 5.76 Å². The minimum absolute atomic E-state index is 0.369. The largest absolute Gasteiger partial charge is 0.511 e. The smallest absolute Gasteiger partial charge is 0.472 e. The lowest BCUT2D eigenvalue weighted by Gasteiger charge is -2.27. The van der Waals surface area contributed by atoms with Crippen LogP contribution in [-0.4, -0.2) is 23.5 Å². The number of carboxylic acid groups (broad SMARTS) is 1. The third-order valence-electron chi connectivity index (χ3n) is 2.64. The van der Waals surface area contributed by atoms with Gasteiger partial charge in [-0.2, -0.15) is 26.3 Å². The van der Waals surface area contributed by atoms with Gasteiger partial charge in [0.25, 0.3) is 6.10 Å². The molecule has 0 bridgehead atoms. The quantitative estimate of drug-likeness (QED) is 0.624. The van der Waals surface area contributed by atoms with Crippen LogP contribution in [0.4, 0.5) is 31.1 Å². The molecule has 1 atom stereocenters. The Bertz CT molecular complexity index is 631. The van der Waals surface area contributed by atoms with E-state index in [9.17, 15) is 31.1 Å². The SMILES string of the molecule is O=C(O)OC1=Cc2cc(C(F)(F)F)ccc2OC1C(F)(F)F. The molecule has 120 valence electrons. The molecule has 0 aromatic heterocycles. The summed E-state index contributed by atoms with van der Waals surface area (Å²) in [6.07, 6.45) is -13.9. The van der Waals surface area contributed by atoms with Crippen molar-refractivity contribution in [2.45, 2.75) is 18.5 Å². The molecule has 1 aromatic rings. The Kier molecular flexibility index (Phi) is 3.71. The summed E-state index contributed by atoms with van der Waals surface area (Å²) in [4.78, 5) is 10.4. The Morgan fingerprint density at radius 1 is 1.18 bits per heavy atom. The van der Waals surface area contributed by atoms with Crippen molar-refractivity contribution in [3.63, 3.8) is 0 Å². The van der Waals surface area contributed by atoms with Gasteiger partial charge >= 0.3 is 18.5 Å². The van der Waals surface area contributed by atoms with Crippen LogP contribution in [-0.2, 0) is 10.9 Å². The van der Waals surface area contributed by atoms with Gasteiger partial charge in [-0.1, -0.05) is 0 Å². The van der Waals surface area contributed by atoms with Crippen LogP contribution >= 0.6 is 0 Å². The topological polar surface area (TPSA) is 55.8 Å². The predicted molar refractivity (Wildman–Crippen MR) is 59.0 cm³/mol. The van der Waals surface area contributed by atoms with E-state index in [1.54, 1.807) is 0 Å². The van der Waals surface area contributed by atoms with Crippen molar-refractivity contribution in [3.05, 3.63) is 35.1 Å². The van der Waals surface area contributed by atoms with Gasteiger partial charge in [0.1, 0.15) is 5.75 Å². The Morgan fingerprint density at radius 3 is 2.32 bits per heavy atom. The van der Waals surface area contributed by atoms with E-state index in [4.69, 9.17) is 5.11 Å². The highest BCUT2D eigenvalue weighted by molar-refractivity contribution is 5.67. The van der Waals surface area contributed by atoms with Crippen LogP contribution in [0.2, 0.25) is 0 Å². The molecule has 4 nitrogen and oxygen atoms in total. The first-order valence-corrected chi connectivity index (χ1v) is 5.55. The number of carbonyl (C=O) groups is 1. The van der Waals surface area contributed by atoms with Gasteiger partial charge in [-0.3, -0.25) is 0 Å². The minimum atomic E-state index is -5.00. The van der Waals surface area contributed by atoms with E-state index < -0.39 is 41.7 Å². The van der Waals surface area contributed by atoms with E-state index >= 15 is 0 Å². The fourth-order valence-corrected chi connectivity index (χ4v) is 1.77. The molecule has 0 saturated carbocycles. The first-order valence-electron chi connectivity index (χ1n) is 5.55. The molecule has 1 N–H and O–H groups in total. The molecule has 1 heterocycles. The molecule has 1 unspecified atom stereocenters. The van der Waals surface area contributed by atoms with Crippen molar-refractivity contribution in [2.75, 3.05) is 0 Å². The summed E-state index contributed by atoms with van der Waals surface area (Å²) in [5, 5.41) is 8.42. The third kappa shape index (κ3) is 3.26. The molecule has 0 saturated heterocycles. The summed E-state index contributed by atoms with van der Waals surface area (Å²) in [5.74, 6) is -1.63. The Labute approximate surface area is 118 Å². The molecule has 1 aromatic carbocycles. The van der Waals surface area contributed by atoms with Crippen molar-refractivity contribution in [1.29, 1.82) is 0 Å². The second-order valence-corrected chi connectivity index (χ2v) is 4.20. The van der Waals surface area contributed by atoms with Gasteiger partial charge in [0.2, 0.25) is 0 Å². The van der Waals surface area contributed by atoms with Crippen molar-refractivity contribution >= 4 is 12.2 Å². The first-order chi connectivity index (χ1) is 9.98. The molecule has 0 aliphatic carbocycles. The summed E-state index contributed by atoms with van der Waals surface area (Å²) >= 11 is 0. The fraction of sp³-hybridized carbons (Fsp3) is 0.250. The summed E-state index contributed by atoms with van der Waals surface area (Å²) in [7, 11) is 0. The maximum atomic E-state index is 12.8. The monoisotopic (exact) mass is 328 g/mol. The van der Waals surface area contributed by atoms with E-state index in [1.165, 1.54) is 0 Å². The number of rotatable bonds is 1. The molecule has 0 radical (unpaired) electrons. The lowest BCUT2D eigenvalue weighted by Crippen LogP contribution is -2.39. The van der Waals surface area contributed by atoms with E-state index in [0.717, 1.165) is 6.07 Å². The molecule has 10 heteroatoms. The van der Waals surface area contributed by atoms with E-state index in [2.05, 4.69) is 9.47 Å². The fourth-order valence-electron chi connectivity index (χ4n) is 1.77. The van der Waals surface area contributed by atoms with Crippen LogP contribution in [0.1, 0.15) is 11.1 Å². The molecule has 1 aliphatic heterocycles. The number of halogens is 6. The molecule has 1 aliphatic rings. The summed E-state index contributed by atoms with van der Waals surface area (Å²) in [6, 6.07) is 1.82. The van der Waals surface area contributed by atoms with Crippen LogP contribution in [0.15, 0.2) is 24.0 Å². The summed E-state index contributed by atoms with van der Waals surface area (Å²) in [6.45, 7) is 0. The average Bonchev–Trinajstić information content (AvgIpc) is 2.34. The maximum absolute atomic E-state index is 12.8. The van der Waals surface area contributed by atoms with Crippen LogP contribution in [0.25, 0.3) is 6.08 Å². The number of ether oxygens (including phenoxy) is 2. The normalized spacial score (nSPS) is 18.1. The zero-order valence-electron chi connectivity index (χ0n) is 10.3. The number of hydrogen-bond donors (Lipinski definition) is 1. The zero-order chi connectivity index (χ0) is 16.7. The van der Waals surface area contributed by atoms with E-state index in [-0.39, 0.29) is 5.56 Å². The van der Waals surface area contributed by atoms with Crippen molar-refractivity contribution in [1.82, 2.24) is 0 Å². The Morgan fingerprint density at radius 2 is 1.82 bits per heavy atom. The molecular weight excluding hydrogens is 322 g/mol. The highest BCUT2D eigenvalue weighted by Crippen LogP contribution is 2.40. The second-order valence-electron chi connectivity index (χ2n) is 4.20. The first kappa shape index (κ1) is 16.0. The second kappa shape index (κ2) is 5.11. The minimum Gasteiger partial charge on any atom is -0.472 e. The lowest BCUT2D eigenvalue weighted by molar-refractivity contribution is -0.191. The summed E-state index contributed by atoms with van der Waals surface area (Å²) < 4.78 is 84.5. The van der Waals surface area contributed by atoms with Crippen LogP contribution in [0, 0.1) is 0 Å². The molecule has 2 rings (SSSR count). The lowest BCUT2D eigenvalue weighted by atomic mass is 10.0. The van der Waals surface area contributed by atoms with Gasteiger partial charge in [0, 0.05) is 5.56 Å². The molecule has 0 amide bonds. The van der Waals surface area contributed by atoms with Gasteiger partial charge in [-0.05, 0) is 24.3 Å². The zero-order valence-corrected chi connectivity index (χ0v) is 10.3. The highest BCUT2D eigenvalue weighted by Gasteiger charge is 2.48. The highest BCUT2D eigenvalue weighted by atomic mass is 19.4. The molecule has 22 heavy (non-hydrogen) atoms. The van der Waals surface area contributed by atoms with Crippen LogP contribution in [0.3, 0.4) is 0 Å².